The summed E-state index contributed by atoms with van der Waals surface area (Å²) in [4.78, 5) is 41.3. The Morgan fingerprint density at radius 2 is 1.83 bits per heavy atom. The molecule has 2 aliphatic rings. The first-order valence-electron chi connectivity index (χ1n) is 9.93. The van der Waals surface area contributed by atoms with E-state index in [0.29, 0.717) is 24.4 Å². The van der Waals surface area contributed by atoms with Gasteiger partial charge in [0, 0.05) is 18.5 Å². The Kier molecular flexibility index (Phi) is 4.13. The number of rotatable bonds is 3. The fourth-order valence-electron chi connectivity index (χ4n) is 4.18. The summed E-state index contributed by atoms with van der Waals surface area (Å²) >= 11 is 0. The molecule has 1 fully saturated rings. The highest BCUT2D eigenvalue weighted by Gasteiger charge is 2.52. The molecule has 0 radical (unpaired) electrons. The van der Waals surface area contributed by atoms with Crippen LogP contribution in [0.2, 0.25) is 0 Å². The average molecular weight is 403 g/mol. The van der Waals surface area contributed by atoms with Gasteiger partial charge in [-0.05, 0) is 36.6 Å². The van der Waals surface area contributed by atoms with Gasteiger partial charge in [-0.3, -0.25) is 14.5 Å². The Bertz CT molecular complexity index is 1150. The van der Waals surface area contributed by atoms with Gasteiger partial charge in [-0.15, -0.1) is 0 Å². The van der Waals surface area contributed by atoms with Crippen molar-refractivity contribution in [1.29, 1.82) is 0 Å². The van der Waals surface area contributed by atoms with Crippen LogP contribution in [0.15, 0.2) is 59.0 Å². The van der Waals surface area contributed by atoms with Crippen LogP contribution in [0.1, 0.15) is 23.8 Å². The van der Waals surface area contributed by atoms with E-state index in [1.54, 1.807) is 24.0 Å². The maximum Gasteiger partial charge on any atom is 0.325 e. The number of amides is 4. The summed E-state index contributed by atoms with van der Waals surface area (Å²) in [7, 11) is 0. The molecule has 0 spiro atoms. The quantitative estimate of drug-likeness (QED) is 0.682. The second-order valence-corrected chi connectivity index (χ2v) is 7.93. The van der Waals surface area contributed by atoms with Gasteiger partial charge in [0.25, 0.3) is 5.91 Å². The van der Waals surface area contributed by atoms with Crippen molar-refractivity contribution in [2.75, 3.05) is 13.1 Å². The van der Waals surface area contributed by atoms with Crippen molar-refractivity contribution >= 4 is 28.8 Å². The molecule has 152 valence electrons. The van der Waals surface area contributed by atoms with Gasteiger partial charge in [0.2, 0.25) is 5.91 Å². The number of para-hydroxylation sites is 1. The summed E-state index contributed by atoms with van der Waals surface area (Å²) < 4.78 is 5.82. The number of imide groups is 1. The first kappa shape index (κ1) is 18.4. The second kappa shape index (κ2) is 6.73. The number of furan rings is 1. The highest BCUT2D eigenvalue weighted by Crippen LogP contribution is 2.33. The van der Waals surface area contributed by atoms with Crippen molar-refractivity contribution in [3.63, 3.8) is 0 Å². The normalized spacial score (nSPS) is 21.1. The highest BCUT2D eigenvalue weighted by atomic mass is 16.3. The number of nitrogens with one attached hydrogen (secondary N) is 1. The summed E-state index contributed by atoms with van der Waals surface area (Å²) in [5.41, 5.74) is 1.62. The zero-order valence-corrected chi connectivity index (χ0v) is 16.6. The molecule has 1 atom stereocenters. The van der Waals surface area contributed by atoms with Gasteiger partial charge < -0.3 is 14.6 Å². The Labute approximate surface area is 173 Å². The second-order valence-electron chi connectivity index (χ2n) is 7.93. The molecular formula is C23H21N3O4. The highest BCUT2D eigenvalue weighted by molar-refractivity contribution is 6.09. The largest absolute Gasteiger partial charge is 0.458 e. The number of hydrogen-bond donors (Lipinski definition) is 1. The van der Waals surface area contributed by atoms with Crippen molar-refractivity contribution in [2.45, 2.75) is 25.4 Å². The smallest absolute Gasteiger partial charge is 0.325 e. The number of fused-ring (bicyclic) bond motifs is 2. The van der Waals surface area contributed by atoms with Gasteiger partial charge in [-0.1, -0.05) is 42.5 Å². The van der Waals surface area contributed by atoms with Crippen molar-refractivity contribution < 1.29 is 18.8 Å². The van der Waals surface area contributed by atoms with E-state index < -0.39 is 17.5 Å². The molecule has 1 saturated heterocycles. The fourth-order valence-corrected chi connectivity index (χ4v) is 4.18. The van der Waals surface area contributed by atoms with Crippen LogP contribution in [0, 0.1) is 0 Å². The van der Waals surface area contributed by atoms with Gasteiger partial charge in [-0.25, -0.2) is 4.79 Å². The number of carbonyl (C=O) groups is 3. The lowest BCUT2D eigenvalue weighted by atomic mass is 9.98. The van der Waals surface area contributed by atoms with Crippen molar-refractivity contribution in [3.05, 3.63) is 71.5 Å². The third-order valence-corrected chi connectivity index (χ3v) is 5.97. The van der Waals surface area contributed by atoms with Gasteiger partial charge in [0.1, 0.15) is 17.9 Å². The van der Waals surface area contributed by atoms with Crippen LogP contribution in [0.4, 0.5) is 4.79 Å². The zero-order valence-electron chi connectivity index (χ0n) is 16.6. The van der Waals surface area contributed by atoms with Crippen LogP contribution in [-0.4, -0.2) is 40.7 Å². The first-order valence-corrected chi connectivity index (χ1v) is 9.93. The minimum absolute atomic E-state index is 0.248. The number of nitrogens with zero attached hydrogens (tertiary/aromatic N) is 2. The molecule has 1 N–H and O–H groups in total. The lowest BCUT2D eigenvalue weighted by molar-refractivity contribution is -0.139. The lowest BCUT2D eigenvalue weighted by Crippen LogP contribution is -2.45. The standard InChI is InChI=1S/C23H21N3O4/c1-23(19-12-16-7-4-5-9-18(16)30-19)21(28)26(22(29)24-23)14-20(27)25-11-10-15-6-2-3-8-17(15)13-25/h2-9,12H,10-11,13-14H2,1H3,(H,24,29)/t23-/m1/s1. The van der Waals surface area contributed by atoms with E-state index in [-0.39, 0.29) is 12.5 Å². The molecule has 2 aliphatic heterocycles. The number of benzene rings is 2. The molecular weight excluding hydrogens is 382 g/mol. The van der Waals surface area contributed by atoms with Gasteiger partial charge in [-0.2, -0.15) is 0 Å². The number of carbonyl (C=O) groups excluding carboxylic acids is 3. The van der Waals surface area contributed by atoms with Crippen LogP contribution in [0.25, 0.3) is 11.0 Å². The minimum atomic E-state index is -1.34. The molecule has 4 amide bonds. The molecule has 0 unspecified atom stereocenters. The molecule has 7 heteroatoms. The Morgan fingerprint density at radius 1 is 1.10 bits per heavy atom. The fraction of sp³-hybridized carbons (Fsp3) is 0.261. The van der Waals surface area contributed by atoms with E-state index in [1.807, 2.05) is 36.4 Å². The molecule has 1 aromatic heterocycles. The van der Waals surface area contributed by atoms with E-state index in [0.717, 1.165) is 22.3 Å². The molecule has 7 nitrogen and oxygen atoms in total. The molecule has 5 rings (SSSR count). The molecule has 0 saturated carbocycles. The van der Waals surface area contributed by atoms with Crippen LogP contribution >= 0.6 is 0 Å². The van der Waals surface area contributed by atoms with Crippen molar-refractivity contribution in [1.82, 2.24) is 15.1 Å². The number of urea groups is 1. The van der Waals surface area contributed by atoms with Gasteiger partial charge in [0.15, 0.2) is 5.54 Å². The topological polar surface area (TPSA) is 82.9 Å². The Morgan fingerprint density at radius 3 is 2.63 bits per heavy atom. The zero-order chi connectivity index (χ0) is 20.9. The van der Waals surface area contributed by atoms with Crippen molar-refractivity contribution in [3.8, 4) is 0 Å². The van der Waals surface area contributed by atoms with Crippen LogP contribution in [-0.2, 0) is 28.1 Å². The molecule has 0 aliphatic carbocycles. The van der Waals surface area contributed by atoms with Crippen LogP contribution < -0.4 is 5.32 Å². The summed E-state index contributed by atoms with van der Waals surface area (Å²) in [6.07, 6.45) is 0.763. The van der Waals surface area contributed by atoms with E-state index in [2.05, 4.69) is 11.4 Å². The Balaban J connectivity index is 1.35. The summed E-state index contributed by atoms with van der Waals surface area (Å²) in [6, 6.07) is 16.6. The average Bonchev–Trinajstić information content (AvgIpc) is 3.29. The van der Waals surface area contributed by atoms with E-state index in [1.165, 1.54) is 5.56 Å². The molecule has 30 heavy (non-hydrogen) atoms. The maximum atomic E-state index is 13.1. The predicted molar refractivity (Wildman–Crippen MR) is 109 cm³/mol. The minimum Gasteiger partial charge on any atom is -0.458 e. The van der Waals surface area contributed by atoms with E-state index in [4.69, 9.17) is 4.42 Å². The third kappa shape index (κ3) is 2.85. The van der Waals surface area contributed by atoms with Crippen LogP contribution in [0.5, 0.6) is 0 Å². The lowest BCUT2D eigenvalue weighted by Gasteiger charge is -2.30. The SMILES string of the molecule is C[C@]1(c2cc3ccccc3o2)NC(=O)N(CC(=O)N2CCc3ccccc3C2)C1=O. The molecule has 0 bridgehead atoms. The monoisotopic (exact) mass is 403 g/mol. The van der Waals surface area contributed by atoms with Gasteiger partial charge >= 0.3 is 6.03 Å². The Hall–Kier alpha value is -3.61. The molecule has 3 aromatic rings. The summed E-state index contributed by atoms with van der Waals surface area (Å²) in [6.45, 7) is 2.37. The van der Waals surface area contributed by atoms with Gasteiger partial charge in [0.05, 0.1) is 0 Å². The predicted octanol–water partition coefficient (Wildman–Crippen LogP) is 2.78. The van der Waals surface area contributed by atoms with Crippen LogP contribution in [0.3, 0.4) is 0 Å². The maximum absolute atomic E-state index is 13.1. The van der Waals surface area contributed by atoms with Crippen molar-refractivity contribution in [2.24, 2.45) is 0 Å². The third-order valence-electron chi connectivity index (χ3n) is 5.97. The first-order chi connectivity index (χ1) is 14.5. The summed E-state index contributed by atoms with van der Waals surface area (Å²) in [5.74, 6) is -0.386. The molecule has 3 heterocycles. The van der Waals surface area contributed by atoms with E-state index in [9.17, 15) is 14.4 Å². The van der Waals surface area contributed by atoms with E-state index >= 15 is 0 Å². The number of hydrogen-bond acceptors (Lipinski definition) is 4. The summed E-state index contributed by atoms with van der Waals surface area (Å²) in [5, 5.41) is 3.55. The molecule has 2 aromatic carbocycles.